The molecule has 0 unspecified atom stereocenters. The molecule has 0 radical (unpaired) electrons. The highest BCUT2D eigenvalue weighted by molar-refractivity contribution is 5.26. The van der Waals surface area contributed by atoms with Crippen LogP contribution in [-0.2, 0) is 6.54 Å². The van der Waals surface area contributed by atoms with Gasteiger partial charge in [0.1, 0.15) is 5.75 Å². The average molecular weight is 600 g/mol. The second-order valence-electron chi connectivity index (χ2n) is 13.7. The first-order valence-corrected chi connectivity index (χ1v) is 19.8. The lowest BCUT2D eigenvalue weighted by molar-refractivity contribution is 0.304. The maximum Gasteiger partial charge on any atom is 0.119 e. The van der Waals surface area contributed by atoms with Crippen molar-refractivity contribution in [2.75, 3.05) is 6.61 Å². The third-order valence-electron chi connectivity index (χ3n) is 9.43. The van der Waals surface area contributed by atoms with Gasteiger partial charge in [-0.2, -0.15) is 0 Å². The Balaban J connectivity index is 1.64. The molecule has 0 aliphatic rings. The molecule has 43 heavy (non-hydrogen) atoms. The molecule has 1 aromatic carbocycles. The first kappa shape index (κ1) is 40.0. The van der Waals surface area contributed by atoms with E-state index in [1.807, 2.05) is 12.1 Å². The highest BCUT2D eigenvalue weighted by atomic mass is 16.5. The summed E-state index contributed by atoms with van der Waals surface area (Å²) in [5, 5.41) is 0. The van der Waals surface area contributed by atoms with Crippen LogP contribution in [0.3, 0.4) is 0 Å². The van der Waals surface area contributed by atoms with Gasteiger partial charge < -0.3 is 10.5 Å². The number of rotatable bonds is 35. The van der Waals surface area contributed by atoms with E-state index in [0.717, 1.165) is 24.3 Å². The van der Waals surface area contributed by atoms with Gasteiger partial charge in [0.25, 0.3) is 0 Å². The summed E-state index contributed by atoms with van der Waals surface area (Å²) < 4.78 is 5.83. The molecule has 0 bridgehead atoms. The van der Waals surface area contributed by atoms with Gasteiger partial charge in [-0.25, -0.2) is 0 Å². The van der Waals surface area contributed by atoms with E-state index in [4.69, 9.17) is 10.5 Å². The molecule has 0 fully saturated rings. The van der Waals surface area contributed by atoms with Gasteiger partial charge in [-0.15, -0.1) is 0 Å². The van der Waals surface area contributed by atoms with Gasteiger partial charge in [0, 0.05) is 6.54 Å². The van der Waals surface area contributed by atoms with Crippen molar-refractivity contribution in [3.63, 3.8) is 0 Å². The Morgan fingerprint density at radius 3 is 0.884 bits per heavy atom. The lowest BCUT2D eigenvalue weighted by atomic mass is 10.0. The second-order valence-corrected chi connectivity index (χ2v) is 13.7. The molecule has 1 aromatic rings. The largest absolute Gasteiger partial charge is 0.494 e. The summed E-state index contributed by atoms with van der Waals surface area (Å²) in [5.41, 5.74) is 6.80. The smallest absolute Gasteiger partial charge is 0.119 e. The van der Waals surface area contributed by atoms with Gasteiger partial charge in [-0.05, 0) is 24.1 Å². The highest BCUT2D eigenvalue weighted by Crippen LogP contribution is 2.17. The minimum absolute atomic E-state index is 0.597. The monoisotopic (exact) mass is 600 g/mol. The van der Waals surface area contributed by atoms with E-state index in [-0.39, 0.29) is 0 Å². The fourth-order valence-electron chi connectivity index (χ4n) is 6.39. The van der Waals surface area contributed by atoms with Gasteiger partial charge in [-0.1, -0.05) is 218 Å². The maximum absolute atomic E-state index is 5.83. The zero-order valence-corrected chi connectivity index (χ0v) is 29.3. The van der Waals surface area contributed by atoms with Crippen LogP contribution in [0.1, 0.15) is 218 Å². The summed E-state index contributed by atoms with van der Waals surface area (Å²) >= 11 is 0. The van der Waals surface area contributed by atoms with Crippen molar-refractivity contribution in [2.45, 2.75) is 219 Å². The van der Waals surface area contributed by atoms with Crippen LogP contribution in [0.2, 0.25) is 0 Å². The van der Waals surface area contributed by atoms with Crippen molar-refractivity contribution in [2.24, 2.45) is 5.73 Å². The molecule has 0 atom stereocenters. The first-order chi connectivity index (χ1) is 21.4. The lowest BCUT2D eigenvalue weighted by Crippen LogP contribution is -1.99. The molecule has 1 rings (SSSR count). The zero-order chi connectivity index (χ0) is 30.7. The molecule has 0 aromatic heterocycles. The normalized spacial score (nSPS) is 11.4. The summed E-state index contributed by atoms with van der Waals surface area (Å²) in [6, 6.07) is 8.18. The van der Waals surface area contributed by atoms with Crippen molar-refractivity contribution in [1.29, 1.82) is 0 Å². The molecule has 252 valence electrons. The van der Waals surface area contributed by atoms with Crippen LogP contribution in [0, 0.1) is 0 Å². The number of nitrogens with two attached hydrogens (primary N) is 1. The van der Waals surface area contributed by atoms with E-state index in [2.05, 4.69) is 19.1 Å². The van der Waals surface area contributed by atoms with Crippen molar-refractivity contribution in [1.82, 2.24) is 0 Å². The van der Waals surface area contributed by atoms with E-state index in [1.54, 1.807) is 0 Å². The minimum atomic E-state index is 0.597. The van der Waals surface area contributed by atoms with E-state index < -0.39 is 0 Å². The van der Waals surface area contributed by atoms with Crippen LogP contribution in [-0.4, -0.2) is 6.61 Å². The van der Waals surface area contributed by atoms with Crippen LogP contribution < -0.4 is 10.5 Å². The van der Waals surface area contributed by atoms with Gasteiger partial charge in [-0.3, -0.25) is 0 Å². The van der Waals surface area contributed by atoms with Crippen molar-refractivity contribution in [3.05, 3.63) is 29.8 Å². The molecule has 0 saturated heterocycles. The molecule has 0 aliphatic carbocycles. The van der Waals surface area contributed by atoms with Crippen LogP contribution in [0.5, 0.6) is 5.75 Å². The maximum atomic E-state index is 5.83. The first-order valence-electron chi connectivity index (χ1n) is 19.8. The van der Waals surface area contributed by atoms with E-state index in [0.29, 0.717) is 6.54 Å². The average Bonchev–Trinajstić information content (AvgIpc) is 3.03. The summed E-state index contributed by atoms with van der Waals surface area (Å²) in [6.45, 7) is 3.74. The summed E-state index contributed by atoms with van der Waals surface area (Å²) in [7, 11) is 0. The van der Waals surface area contributed by atoms with Crippen molar-refractivity contribution >= 4 is 0 Å². The summed E-state index contributed by atoms with van der Waals surface area (Å²) in [5.74, 6) is 0.970. The van der Waals surface area contributed by atoms with Gasteiger partial charge in [0.2, 0.25) is 0 Å². The minimum Gasteiger partial charge on any atom is -0.494 e. The Bertz CT molecular complexity index is 642. The Hall–Kier alpha value is -1.02. The third-order valence-corrected chi connectivity index (χ3v) is 9.43. The molecule has 2 N–H and O–H groups in total. The van der Waals surface area contributed by atoms with E-state index in [1.165, 1.54) is 199 Å². The van der Waals surface area contributed by atoms with Crippen LogP contribution in [0.15, 0.2) is 24.3 Å². The Labute approximate surface area is 271 Å². The van der Waals surface area contributed by atoms with Gasteiger partial charge >= 0.3 is 0 Å². The molecular formula is C41H77NO. The summed E-state index contributed by atoms with van der Waals surface area (Å²) in [6.07, 6.45) is 46.3. The predicted octanol–water partition coefficient (Wildman–Crippen LogP) is 14.0. The number of unbranched alkanes of at least 4 members (excludes halogenated alkanes) is 31. The van der Waals surface area contributed by atoms with Crippen molar-refractivity contribution in [3.8, 4) is 5.75 Å². The Morgan fingerprint density at radius 1 is 0.372 bits per heavy atom. The number of hydrogen-bond acceptors (Lipinski definition) is 2. The number of ether oxygens (including phenoxy) is 1. The fourth-order valence-corrected chi connectivity index (χ4v) is 6.39. The number of hydrogen-bond donors (Lipinski definition) is 1. The van der Waals surface area contributed by atoms with Crippen molar-refractivity contribution < 1.29 is 4.74 Å². The Kier molecular flexibility index (Phi) is 31.5. The van der Waals surface area contributed by atoms with Gasteiger partial charge in [0.15, 0.2) is 0 Å². The van der Waals surface area contributed by atoms with Crippen LogP contribution in [0.4, 0.5) is 0 Å². The van der Waals surface area contributed by atoms with E-state index in [9.17, 15) is 0 Å². The highest BCUT2D eigenvalue weighted by Gasteiger charge is 1.98. The molecule has 0 amide bonds. The zero-order valence-electron chi connectivity index (χ0n) is 29.3. The van der Waals surface area contributed by atoms with Crippen LogP contribution >= 0.6 is 0 Å². The van der Waals surface area contributed by atoms with E-state index >= 15 is 0 Å². The summed E-state index contributed by atoms with van der Waals surface area (Å²) in [4.78, 5) is 0. The molecule has 0 aliphatic heterocycles. The molecule has 0 saturated carbocycles. The third kappa shape index (κ3) is 29.5. The lowest BCUT2D eigenvalue weighted by Gasteiger charge is -2.07. The topological polar surface area (TPSA) is 35.2 Å². The predicted molar refractivity (Wildman–Crippen MR) is 193 cm³/mol. The quantitative estimate of drug-likeness (QED) is 0.0788. The Morgan fingerprint density at radius 2 is 0.628 bits per heavy atom. The molecule has 2 heteroatoms. The molecule has 0 spiro atoms. The molecular weight excluding hydrogens is 522 g/mol. The van der Waals surface area contributed by atoms with Gasteiger partial charge in [0.05, 0.1) is 6.61 Å². The fraction of sp³-hybridized carbons (Fsp3) is 0.854. The standard InChI is InChI=1S/C41H77NO/c1-2-3-4-5-6-7-8-9-10-11-12-13-14-15-16-17-18-19-20-21-22-23-24-25-26-27-28-29-30-31-32-33-38-43-41-36-34-40(39-42)35-37-41/h34-37H,2-33,38-39,42H2,1H3. The second kappa shape index (κ2) is 33.9. The number of benzene rings is 1. The van der Waals surface area contributed by atoms with Crippen LogP contribution in [0.25, 0.3) is 0 Å². The SMILES string of the molecule is CCCCCCCCCCCCCCCCCCCCCCCCCCCCCCCCCCOc1ccc(CN)cc1. The molecule has 0 heterocycles. The molecule has 2 nitrogen and oxygen atoms in total.